The molecule has 0 aliphatic heterocycles. The average Bonchev–Trinajstić information content (AvgIpc) is 1.72. The topological polar surface area (TPSA) is 57.5 Å². The number of carboxylic acids is 1. The van der Waals surface area contributed by atoms with Crippen LogP contribution in [-0.2, 0) is 4.79 Å². The van der Waals surface area contributed by atoms with Crippen LogP contribution in [0.3, 0.4) is 0 Å². The summed E-state index contributed by atoms with van der Waals surface area (Å²) in [6, 6.07) is 0. The van der Waals surface area contributed by atoms with Crippen molar-refractivity contribution in [3.05, 3.63) is 12.2 Å². The number of aliphatic carboxylic acids is 1. The van der Waals surface area contributed by atoms with Gasteiger partial charge in [0.2, 0.25) is 0 Å². The predicted octanol–water partition coefficient (Wildman–Crippen LogP) is 0.131. The van der Waals surface area contributed by atoms with E-state index in [4.69, 9.17) is 9.77 Å². The van der Waals surface area contributed by atoms with Crippen molar-refractivity contribution in [1.82, 2.24) is 0 Å². The molecule has 0 aliphatic rings. The van der Waals surface area contributed by atoms with Crippen molar-refractivity contribution < 1.29 is 14.6 Å². The Labute approximate surface area is 80.8 Å². The van der Waals surface area contributed by atoms with E-state index < -0.39 is 5.97 Å². The average molecular weight is 163 g/mol. The molecule has 2 N–H and O–H groups in total. The van der Waals surface area contributed by atoms with E-state index >= 15 is 0 Å². The predicted molar refractivity (Wildman–Crippen MR) is 37.7 cm³/mol. The molecule has 9 heavy (non-hydrogen) atoms. The summed E-state index contributed by atoms with van der Waals surface area (Å²) < 4.78 is 6.47. The summed E-state index contributed by atoms with van der Waals surface area (Å²) in [5.74, 6) is -0.935. The van der Waals surface area contributed by atoms with Crippen LogP contribution in [0.1, 0.15) is 6.92 Å². The van der Waals surface area contributed by atoms with E-state index in [1.54, 1.807) is 0 Å². The zero-order chi connectivity index (χ0) is 7.15. The summed E-state index contributed by atoms with van der Waals surface area (Å²) in [4.78, 5) is 9.60. The summed E-state index contributed by atoms with van der Waals surface area (Å²) in [6.07, 6.45) is 0. The van der Waals surface area contributed by atoms with Crippen LogP contribution in [0.5, 0.6) is 0 Å². The maximum atomic E-state index is 9.60. The second-order valence-corrected chi connectivity index (χ2v) is 1.09. The molecule has 0 unspecified atom stereocenters. The zero-order valence-corrected chi connectivity index (χ0v) is 5.14. The Bertz CT molecular complexity index is 81.8. The SMILES string of the molecule is C=C(C)C(=O)O.OCl.[NaH]. The summed E-state index contributed by atoms with van der Waals surface area (Å²) in [5.41, 5.74) is 0.176. The molecular formula is C4H8ClNaO3. The summed E-state index contributed by atoms with van der Waals surface area (Å²) in [5, 5.41) is 7.89. The van der Waals surface area contributed by atoms with Crippen molar-refractivity contribution in [3.63, 3.8) is 0 Å². The van der Waals surface area contributed by atoms with Crippen LogP contribution in [0.25, 0.3) is 0 Å². The first-order valence-electron chi connectivity index (χ1n) is 1.70. The molecule has 0 aromatic rings. The Hall–Kier alpha value is 0.460. The van der Waals surface area contributed by atoms with Gasteiger partial charge in [-0.15, -0.1) is 0 Å². The molecular weight excluding hydrogens is 154 g/mol. The summed E-state index contributed by atoms with van der Waals surface area (Å²) >= 11 is 3.64. The maximum absolute atomic E-state index is 9.60. The van der Waals surface area contributed by atoms with Gasteiger partial charge in [0.05, 0.1) is 11.9 Å². The van der Waals surface area contributed by atoms with Crippen molar-refractivity contribution >= 4 is 47.4 Å². The first kappa shape index (κ1) is 16.2. The third-order valence-electron chi connectivity index (χ3n) is 0.365. The molecule has 0 spiro atoms. The van der Waals surface area contributed by atoms with Gasteiger partial charge in [0, 0.05) is 5.57 Å². The molecule has 0 amide bonds. The first-order valence-corrected chi connectivity index (χ1v) is 2.04. The van der Waals surface area contributed by atoms with Gasteiger partial charge in [-0.2, -0.15) is 0 Å². The fourth-order valence-corrected chi connectivity index (χ4v) is 0. The van der Waals surface area contributed by atoms with Crippen molar-refractivity contribution in [1.29, 1.82) is 0 Å². The van der Waals surface area contributed by atoms with E-state index in [2.05, 4.69) is 18.4 Å². The summed E-state index contributed by atoms with van der Waals surface area (Å²) in [6.45, 7) is 4.60. The second kappa shape index (κ2) is 11.3. The molecule has 0 bridgehead atoms. The molecule has 0 rings (SSSR count). The molecule has 0 fully saturated rings. The van der Waals surface area contributed by atoms with E-state index in [0.29, 0.717) is 0 Å². The molecule has 5 heteroatoms. The number of carbonyl (C=O) groups is 1. The third kappa shape index (κ3) is 17.7. The molecule has 0 aliphatic carbocycles. The minimum atomic E-state index is -0.935. The van der Waals surface area contributed by atoms with Crippen LogP contribution in [0.15, 0.2) is 12.2 Å². The standard InChI is InChI=1S/C4H6O2.ClHO.Na.H/c1-3(2)4(5)6;1-2;;/h1H2,2H3,(H,5,6);2H;;. The zero-order valence-electron chi connectivity index (χ0n) is 4.39. The number of halogens is 1. The van der Waals surface area contributed by atoms with Crippen LogP contribution >= 0.6 is 11.9 Å². The Morgan fingerprint density at radius 2 is 1.67 bits per heavy atom. The molecule has 0 atom stereocenters. The minimum absolute atomic E-state index is 0. The van der Waals surface area contributed by atoms with Crippen molar-refractivity contribution in [2.45, 2.75) is 6.92 Å². The van der Waals surface area contributed by atoms with Gasteiger partial charge in [-0.1, -0.05) is 6.58 Å². The van der Waals surface area contributed by atoms with E-state index in [9.17, 15) is 4.79 Å². The first-order chi connectivity index (χ1) is 3.64. The van der Waals surface area contributed by atoms with Crippen LogP contribution in [0, 0.1) is 0 Å². The van der Waals surface area contributed by atoms with E-state index in [1.165, 1.54) is 6.92 Å². The molecule has 0 saturated carbocycles. The third-order valence-corrected chi connectivity index (χ3v) is 0.365. The fourth-order valence-electron chi connectivity index (χ4n) is 0. The number of hydrogen-bond acceptors (Lipinski definition) is 2. The van der Waals surface area contributed by atoms with Gasteiger partial charge in [-0.05, 0) is 6.92 Å². The van der Waals surface area contributed by atoms with Gasteiger partial charge in [-0.25, -0.2) is 4.79 Å². The molecule has 3 nitrogen and oxygen atoms in total. The van der Waals surface area contributed by atoms with E-state index in [1.807, 2.05) is 0 Å². The molecule has 0 aromatic heterocycles. The Morgan fingerprint density at radius 3 is 1.67 bits per heavy atom. The monoisotopic (exact) mass is 162 g/mol. The van der Waals surface area contributed by atoms with Crippen LogP contribution in [0.4, 0.5) is 0 Å². The van der Waals surface area contributed by atoms with E-state index in [-0.39, 0.29) is 35.1 Å². The fraction of sp³-hybridized carbons (Fsp3) is 0.250. The number of carboxylic acid groups (broad SMARTS) is 1. The Morgan fingerprint density at radius 1 is 1.56 bits per heavy atom. The number of hydrogen-bond donors (Lipinski definition) is 2. The molecule has 0 heterocycles. The van der Waals surface area contributed by atoms with E-state index in [0.717, 1.165) is 0 Å². The normalized spacial score (nSPS) is 5.67. The molecule has 0 radical (unpaired) electrons. The van der Waals surface area contributed by atoms with Crippen LogP contribution < -0.4 is 0 Å². The van der Waals surface area contributed by atoms with Crippen molar-refractivity contribution in [2.24, 2.45) is 0 Å². The molecule has 0 aromatic carbocycles. The quantitative estimate of drug-likeness (QED) is 0.426. The van der Waals surface area contributed by atoms with Gasteiger partial charge in [-0.3, -0.25) is 4.66 Å². The van der Waals surface area contributed by atoms with Gasteiger partial charge in [0.25, 0.3) is 0 Å². The Balaban J connectivity index is -0.000000109. The molecule has 0 saturated heterocycles. The van der Waals surface area contributed by atoms with Gasteiger partial charge in [0.1, 0.15) is 0 Å². The van der Waals surface area contributed by atoms with Crippen molar-refractivity contribution in [2.75, 3.05) is 0 Å². The van der Waals surface area contributed by atoms with Crippen LogP contribution in [0.2, 0.25) is 0 Å². The van der Waals surface area contributed by atoms with Gasteiger partial charge < -0.3 is 5.11 Å². The molecule has 50 valence electrons. The van der Waals surface area contributed by atoms with Gasteiger partial charge in [0.15, 0.2) is 0 Å². The second-order valence-electron chi connectivity index (χ2n) is 1.09. The number of rotatable bonds is 1. The Kier molecular flexibility index (Phi) is 20.3. The summed E-state index contributed by atoms with van der Waals surface area (Å²) in [7, 11) is 0. The van der Waals surface area contributed by atoms with Crippen LogP contribution in [-0.4, -0.2) is 45.3 Å². The van der Waals surface area contributed by atoms with Gasteiger partial charge >= 0.3 is 35.5 Å². The van der Waals surface area contributed by atoms with Crippen molar-refractivity contribution in [3.8, 4) is 0 Å².